The second-order valence-electron chi connectivity index (χ2n) is 7.41. The van der Waals surface area contributed by atoms with Gasteiger partial charge in [0.05, 0.1) is 0 Å². The molecule has 6 heteroatoms. The zero-order valence-corrected chi connectivity index (χ0v) is 14.6. The van der Waals surface area contributed by atoms with Crippen LogP contribution in [0.1, 0.15) is 25.0 Å². The molecule has 0 radical (unpaired) electrons. The van der Waals surface area contributed by atoms with Crippen molar-refractivity contribution in [2.45, 2.75) is 25.8 Å². The molecule has 26 heavy (non-hydrogen) atoms. The van der Waals surface area contributed by atoms with E-state index in [1.165, 1.54) is 0 Å². The van der Waals surface area contributed by atoms with Gasteiger partial charge in [-0.15, -0.1) is 0 Å². The normalized spacial score (nSPS) is 22.9. The fraction of sp³-hybridized carbons (Fsp3) is 0.400. The number of fused-ring (bicyclic) bond motifs is 5. The van der Waals surface area contributed by atoms with Crippen molar-refractivity contribution in [1.82, 2.24) is 9.47 Å². The molecule has 1 amide bonds. The summed E-state index contributed by atoms with van der Waals surface area (Å²) in [5.41, 5.74) is 2.89. The molecule has 0 saturated carbocycles. The SMILES string of the molecule is CC(=O)N1C[C@@H]2C[C@H](C1)c1cc(-c3ccc4c(c3)OCO4)cc(=O)n1C2. The Morgan fingerprint density at radius 3 is 2.73 bits per heavy atom. The number of ether oxygens (including phenoxy) is 2. The third-order valence-electron chi connectivity index (χ3n) is 5.71. The fourth-order valence-electron chi connectivity index (χ4n) is 4.46. The first-order chi connectivity index (χ1) is 12.6. The van der Waals surface area contributed by atoms with Crippen molar-refractivity contribution in [3.63, 3.8) is 0 Å². The van der Waals surface area contributed by atoms with E-state index in [0.717, 1.165) is 35.5 Å². The number of amides is 1. The van der Waals surface area contributed by atoms with Crippen LogP contribution < -0.4 is 15.0 Å². The van der Waals surface area contributed by atoms with E-state index in [1.807, 2.05) is 27.7 Å². The van der Waals surface area contributed by atoms with Crippen molar-refractivity contribution < 1.29 is 14.3 Å². The molecule has 2 aromatic rings. The van der Waals surface area contributed by atoms with Crippen LogP contribution >= 0.6 is 0 Å². The summed E-state index contributed by atoms with van der Waals surface area (Å²) < 4.78 is 12.7. The zero-order chi connectivity index (χ0) is 17.8. The van der Waals surface area contributed by atoms with E-state index in [-0.39, 0.29) is 24.2 Å². The molecule has 1 saturated heterocycles. The fourth-order valence-corrected chi connectivity index (χ4v) is 4.46. The van der Waals surface area contributed by atoms with Crippen molar-refractivity contribution in [2.24, 2.45) is 5.92 Å². The van der Waals surface area contributed by atoms with Crippen LogP contribution in [0.15, 0.2) is 35.1 Å². The van der Waals surface area contributed by atoms with Crippen LogP contribution in [0.4, 0.5) is 0 Å². The van der Waals surface area contributed by atoms with Gasteiger partial charge in [-0.25, -0.2) is 0 Å². The number of carbonyl (C=O) groups excluding carboxylic acids is 1. The lowest BCUT2D eigenvalue weighted by atomic mass is 9.82. The van der Waals surface area contributed by atoms with Gasteiger partial charge in [-0.05, 0) is 41.7 Å². The Hall–Kier alpha value is -2.76. The molecule has 134 valence electrons. The van der Waals surface area contributed by atoms with E-state index in [9.17, 15) is 9.59 Å². The number of pyridine rings is 1. The van der Waals surface area contributed by atoms with Crippen LogP contribution in [0.2, 0.25) is 0 Å². The molecule has 1 aromatic heterocycles. The average molecular weight is 352 g/mol. The summed E-state index contributed by atoms with van der Waals surface area (Å²) in [4.78, 5) is 26.5. The average Bonchev–Trinajstić information content (AvgIpc) is 3.10. The van der Waals surface area contributed by atoms with Gasteiger partial charge in [0.2, 0.25) is 12.7 Å². The van der Waals surface area contributed by atoms with Crippen LogP contribution in [-0.2, 0) is 11.3 Å². The van der Waals surface area contributed by atoms with Gasteiger partial charge in [-0.2, -0.15) is 0 Å². The maximum absolute atomic E-state index is 12.8. The number of likely N-dealkylation sites (tertiary alicyclic amines) is 1. The van der Waals surface area contributed by atoms with E-state index in [4.69, 9.17) is 9.47 Å². The van der Waals surface area contributed by atoms with Crippen LogP contribution in [0.5, 0.6) is 11.5 Å². The van der Waals surface area contributed by atoms with Gasteiger partial charge in [-0.1, -0.05) is 6.07 Å². The molecular weight excluding hydrogens is 332 g/mol. The van der Waals surface area contributed by atoms with Gasteiger partial charge in [0, 0.05) is 44.2 Å². The number of piperidine rings is 1. The van der Waals surface area contributed by atoms with Crippen molar-refractivity contribution in [1.29, 1.82) is 0 Å². The minimum atomic E-state index is 0.0288. The number of hydrogen-bond donors (Lipinski definition) is 0. The predicted molar refractivity (Wildman–Crippen MR) is 95.4 cm³/mol. The molecule has 5 rings (SSSR count). The lowest BCUT2D eigenvalue weighted by Crippen LogP contribution is -2.48. The summed E-state index contributed by atoms with van der Waals surface area (Å²) >= 11 is 0. The van der Waals surface area contributed by atoms with Crippen LogP contribution in [0, 0.1) is 5.92 Å². The predicted octanol–water partition coefficient (Wildman–Crippen LogP) is 2.21. The smallest absolute Gasteiger partial charge is 0.251 e. The van der Waals surface area contributed by atoms with Gasteiger partial charge in [-0.3, -0.25) is 9.59 Å². The van der Waals surface area contributed by atoms with Gasteiger partial charge in [0.1, 0.15) is 0 Å². The van der Waals surface area contributed by atoms with E-state index in [2.05, 4.69) is 6.07 Å². The summed E-state index contributed by atoms with van der Waals surface area (Å²) in [5, 5.41) is 0. The maximum atomic E-state index is 12.8. The van der Waals surface area contributed by atoms with Gasteiger partial charge >= 0.3 is 0 Å². The highest BCUT2D eigenvalue weighted by atomic mass is 16.7. The Morgan fingerprint density at radius 2 is 1.88 bits per heavy atom. The highest BCUT2D eigenvalue weighted by molar-refractivity contribution is 5.73. The van der Waals surface area contributed by atoms with Crippen molar-refractivity contribution >= 4 is 5.91 Å². The lowest BCUT2D eigenvalue weighted by Gasteiger charge is -2.42. The third kappa shape index (κ3) is 2.40. The summed E-state index contributed by atoms with van der Waals surface area (Å²) in [7, 11) is 0. The monoisotopic (exact) mass is 352 g/mol. The number of benzene rings is 1. The van der Waals surface area contributed by atoms with Crippen LogP contribution in [-0.4, -0.2) is 35.3 Å². The molecule has 0 spiro atoms. The van der Waals surface area contributed by atoms with E-state index < -0.39 is 0 Å². The molecule has 3 aliphatic rings. The van der Waals surface area contributed by atoms with Crippen molar-refractivity contribution in [3.05, 3.63) is 46.4 Å². The maximum Gasteiger partial charge on any atom is 0.251 e. The summed E-state index contributed by atoms with van der Waals surface area (Å²) in [6, 6.07) is 9.55. The topological polar surface area (TPSA) is 60.8 Å². The van der Waals surface area contributed by atoms with E-state index in [0.29, 0.717) is 24.8 Å². The van der Waals surface area contributed by atoms with Crippen molar-refractivity contribution in [3.8, 4) is 22.6 Å². The Labute approximate surface area is 150 Å². The third-order valence-corrected chi connectivity index (χ3v) is 5.71. The van der Waals surface area contributed by atoms with Gasteiger partial charge in [0.15, 0.2) is 11.5 Å². The summed E-state index contributed by atoms with van der Waals surface area (Å²) in [6.45, 7) is 3.99. The number of aromatic nitrogens is 1. The molecule has 0 unspecified atom stereocenters. The van der Waals surface area contributed by atoms with E-state index >= 15 is 0 Å². The van der Waals surface area contributed by atoms with Gasteiger partial charge < -0.3 is 18.9 Å². The zero-order valence-electron chi connectivity index (χ0n) is 14.6. The Kier molecular flexibility index (Phi) is 3.35. The highest BCUT2D eigenvalue weighted by Crippen LogP contribution is 2.39. The summed E-state index contributed by atoms with van der Waals surface area (Å²) in [5.74, 6) is 2.13. The molecule has 0 N–H and O–H groups in total. The Morgan fingerprint density at radius 1 is 1.04 bits per heavy atom. The van der Waals surface area contributed by atoms with Gasteiger partial charge in [0.25, 0.3) is 5.56 Å². The largest absolute Gasteiger partial charge is 0.454 e. The van der Waals surface area contributed by atoms with Crippen LogP contribution in [0.3, 0.4) is 0 Å². The molecule has 4 heterocycles. The number of rotatable bonds is 1. The Bertz CT molecular complexity index is 965. The minimum Gasteiger partial charge on any atom is -0.454 e. The standard InChI is InChI=1S/C20H20N2O4/c1-12(23)21-8-13-4-16(10-21)17-5-15(7-20(24)22(17)9-13)14-2-3-18-19(6-14)26-11-25-18/h2-3,5-7,13,16H,4,8-11H2,1H3/t13-,16+/m0/s1. The molecular formula is C20H20N2O4. The quantitative estimate of drug-likeness (QED) is 0.790. The second kappa shape index (κ2) is 5.62. The lowest BCUT2D eigenvalue weighted by molar-refractivity contribution is -0.131. The van der Waals surface area contributed by atoms with E-state index in [1.54, 1.807) is 13.0 Å². The summed E-state index contributed by atoms with van der Waals surface area (Å²) in [6.07, 6.45) is 1.04. The molecule has 2 atom stereocenters. The number of nitrogens with zero attached hydrogens (tertiary/aromatic N) is 2. The number of hydrogen-bond acceptors (Lipinski definition) is 4. The first-order valence-electron chi connectivity index (χ1n) is 8.99. The van der Waals surface area contributed by atoms with Crippen LogP contribution in [0.25, 0.3) is 11.1 Å². The first kappa shape index (κ1) is 15.5. The van der Waals surface area contributed by atoms with Crippen molar-refractivity contribution in [2.75, 3.05) is 19.9 Å². The molecule has 1 aromatic carbocycles. The first-order valence-corrected chi connectivity index (χ1v) is 8.99. The second-order valence-corrected chi connectivity index (χ2v) is 7.41. The number of carbonyl (C=O) groups is 1. The molecule has 0 aliphatic carbocycles. The Balaban J connectivity index is 1.57. The molecule has 1 fully saturated rings. The molecule has 6 nitrogen and oxygen atoms in total. The minimum absolute atomic E-state index is 0.0288. The molecule has 2 bridgehead atoms. The molecule has 3 aliphatic heterocycles. The highest BCUT2D eigenvalue weighted by Gasteiger charge is 2.35.